The summed E-state index contributed by atoms with van der Waals surface area (Å²) in [5.74, 6) is -0.854. The molecule has 20 heavy (non-hydrogen) atoms. The van der Waals surface area contributed by atoms with Gasteiger partial charge in [0, 0.05) is 6.26 Å². The van der Waals surface area contributed by atoms with Gasteiger partial charge >= 0.3 is 5.97 Å². The number of benzene rings is 1. The molecule has 0 atom stereocenters. The van der Waals surface area contributed by atoms with Crippen LogP contribution < -0.4 is 10.2 Å². The van der Waals surface area contributed by atoms with Gasteiger partial charge in [-0.3, -0.25) is 0 Å². The molecular weight excluding hydrogens is 308 g/mol. The van der Waals surface area contributed by atoms with Crippen LogP contribution in [0, 0.1) is 0 Å². The summed E-state index contributed by atoms with van der Waals surface area (Å²) in [6.45, 7) is -0.198. The molecule has 1 aromatic carbocycles. The third kappa shape index (κ3) is 4.27. The largest absolute Gasteiger partial charge is 0.354 e. The normalized spacial score (nSPS) is 12.1. The molecule has 1 rings (SSSR count). The minimum Gasteiger partial charge on any atom is -0.354 e. The molecule has 112 valence electrons. The lowest BCUT2D eigenvalue weighted by atomic mass is 10.4. The summed E-state index contributed by atoms with van der Waals surface area (Å²) < 4.78 is 46.9. The SMILES string of the molecule is CNCC(=O)ONS(=O)(=O)c1ccccc1S(C)(=O)=O. The zero-order chi connectivity index (χ0) is 15.4. The molecule has 0 aromatic heterocycles. The molecule has 0 aliphatic carbocycles. The highest BCUT2D eigenvalue weighted by molar-refractivity contribution is 7.93. The Morgan fingerprint density at radius 2 is 1.70 bits per heavy atom. The van der Waals surface area contributed by atoms with Gasteiger partial charge in [0.2, 0.25) is 0 Å². The predicted octanol–water partition coefficient (Wildman–Crippen LogP) is -0.954. The number of sulfonamides is 1. The third-order valence-electron chi connectivity index (χ3n) is 2.12. The fourth-order valence-corrected chi connectivity index (χ4v) is 3.73. The summed E-state index contributed by atoms with van der Waals surface area (Å²) in [7, 11) is -6.54. The van der Waals surface area contributed by atoms with Gasteiger partial charge in [-0.1, -0.05) is 12.1 Å². The molecule has 0 bridgehead atoms. The summed E-state index contributed by atoms with van der Waals surface area (Å²) >= 11 is 0. The maximum Gasteiger partial charge on any atom is 0.339 e. The molecule has 0 saturated carbocycles. The fourth-order valence-electron chi connectivity index (χ4n) is 1.31. The highest BCUT2D eigenvalue weighted by Gasteiger charge is 2.24. The molecule has 0 fully saturated rings. The van der Waals surface area contributed by atoms with E-state index in [9.17, 15) is 21.6 Å². The number of carbonyl (C=O) groups excluding carboxylic acids is 1. The van der Waals surface area contributed by atoms with Crippen LogP contribution in [0.2, 0.25) is 0 Å². The monoisotopic (exact) mass is 322 g/mol. The summed E-state index contributed by atoms with van der Waals surface area (Å²) in [4.78, 5) is 16.1. The van der Waals surface area contributed by atoms with E-state index in [2.05, 4.69) is 10.2 Å². The second-order valence-corrected chi connectivity index (χ2v) is 7.41. The van der Waals surface area contributed by atoms with Crippen molar-refractivity contribution in [3.63, 3.8) is 0 Å². The summed E-state index contributed by atoms with van der Waals surface area (Å²) in [6.07, 6.45) is 0.883. The zero-order valence-electron chi connectivity index (χ0n) is 10.8. The number of rotatable bonds is 6. The molecule has 0 radical (unpaired) electrons. The van der Waals surface area contributed by atoms with Crippen molar-refractivity contribution in [1.82, 2.24) is 10.2 Å². The second-order valence-electron chi connectivity index (χ2n) is 3.81. The molecular formula is C10H14N2O6S2. The van der Waals surface area contributed by atoms with Crippen LogP contribution in [0.4, 0.5) is 0 Å². The molecule has 1 aromatic rings. The Labute approximate surface area is 117 Å². The molecule has 0 heterocycles. The van der Waals surface area contributed by atoms with Gasteiger partial charge in [-0.15, -0.1) is 0 Å². The van der Waals surface area contributed by atoms with Crippen molar-refractivity contribution >= 4 is 25.8 Å². The van der Waals surface area contributed by atoms with Crippen molar-refractivity contribution in [3.8, 4) is 0 Å². The molecule has 2 N–H and O–H groups in total. The van der Waals surface area contributed by atoms with Crippen LogP contribution in [0.25, 0.3) is 0 Å². The van der Waals surface area contributed by atoms with Gasteiger partial charge in [-0.25, -0.2) is 21.6 Å². The Balaban J connectivity index is 3.08. The van der Waals surface area contributed by atoms with Gasteiger partial charge in [-0.2, -0.15) is 0 Å². The Morgan fingerprint density at radius 1 is 1.15 bits per heavy atom. The lowest BCUT2D eigenvalue weighted by Gasteiger charge is -2.10. The Morgan fingerprint density at radius 3 is 2.20 bits per heavy atom. The highest BCUT2D eigenvalue weighted by Crippen LogP contribution is 2.20. The molecule has 8 nitrogen and oxygen atoms in total. The maximum absolute atomic E-state index is 11.9. The topological polar surface area (TPSA) is 119 Å². The predicted molar refractivity (Wildman–Crippen MR) is 69.9 cm³/mol. The maximum atomic E-state index is 11.9. The smallest absolute Gasteiger partial charge is 0.339 e. The van der Waals surface area contributed by atoms with Crippen molar-refractivity contribution in [2.24, 2.45) is 0 Å². The van der Waals surface area contributed by atoms with Crippen LogP contribution in [0.5, 0.6) is 0 Å². The van der Waals surface area contributed by atoms with Crippen molar-refractivity contribution < 1.29 is 26.5 Å². The summed E-state index contributed by atoms with van der Waals surface area (Å²) in [5, 5.41) is 2.47. The summed E-state index contributed by atoms with van der Waals surface area (Å²) in [6, 6.07) is 5.00. The van der Waals surface area contributed by atoms with E-state index in [-0.39, 0.29) is 11.4 Å². The number of likely N-dealkylation sites (N-methyl/N-ethyl adjacent to an activating group) is 1. The number of hydrogen-bond acceptors (Lipinski definition) is 7. The fraction of sp³-hybridized carbons (Fsp3) is 0.300. The lowest BCUT2D eigenvalue weighted by molar-refractivity contribution is -0.145. The van der Waals surface area contributed by atoms with Crippen LogP contribution in [0.3, 0.4) is 0 Å². The Bertz CT molecular complexity index is 696. The van der Waals surface area contributed by atoms with E-state index in [0.717, 1.165) is 18.4 Å². The number of sulfone groups is 1. The first-order chi connectivity index (χ1) is 9.18. The first-order valence-electron chi connectivity index (χ1n) is 5.33. The van der Waals surface area contributed by atoms with E-state index in [1.165, 1.54) is 19.2 Å². The Hall–Kier alpha value is -1.49. The van der Waals surface area contributed by atoms with Crippen molar-refractivity contribution in [2.45, 2.75) is 9.79 Å². The minimum atomic E-state index is -4.29. The van der Waals surface area contributed by atoms with E-state index in [4.69, 9.17) is 0 Å². The molecule has 0 amide bonds. The average Bonchev–Trinajstić information content (AvgIpc) is 2.36. The number of carbonyl (C=O) groups is 1. The van der Waals surface area contributed by atoms with Crippen LogP contribution >= 0.6 is 0 Å². The van der Waals surface area contributed by atoms with Gasteiger partial charge in [-0.05, 0) is 24.1 Å². The lowest BCUT2D eigenvalue weighted by Crippen LogP contribution is -2.32. The van der Waals surface area contributed by atoms with E-state index >= 15 is 0 Å². The van der Waals surface area contributed by atoms with Crippen molar-refractivity contribution in [2.75, 3.05) is 19.8 Å². The van der Waals surface area contributed by atoms with Crippen molar-refractivity contribution in [3.05, 3.63) is 24.3 Å². The third-order valence-corrected chi connectivity index (χ3v) is 4.65. The van der Waals surface area contributed by atoms with E-state index in [1.807, 2.05) is 0 Å². The van der Waals surface area contributed by atoms with Crippen LogP contribution in [0.15, 0.2) is 34.1 Å². The van der Waals surface area contributed by atoms with Crippen LogP contribution in [-0.2, 0) is 29.5 Å². The second kappa shape index (κ2) is 6.31. The quantitative estimate of drug-likeness (QED) is 0.648. The number of hydrogen-bond donors (Lipinski definition) is 2. The van der Waals surface area contributed by atoms with Gasteiger partial charge in [0.25, 0.3) is 10.0 Å². The molecule has 0 saturated heterocycles. The van der Waals surface area contributed by atoms with E-state index < -0.39 is 30.7 Å². The Kier molecular flexibility index (Phi) is 5.22. The average molecular weight is 322 g/mol. The highest BCUT2D eigenvalue weighted by atomic mass is 32.2. The van der Waals surface area contributed by atoms with Gasteiger partial charge in [0.1, 0.15) is 4.90 Å². The van der Waals surface area contributed by atoms with Crippen LogP contribution in [-0.4, -0.2) is 42.7 Å². The van der Waals surface area contributed by atoms with Gasteiger partial charge in [0.15, 0.2) is 9.84 Å². The minimum absolute atomic E-state index is 0.198. The van der Waals surface area contributed by atoms with Gasteiger partial charge < -0.3 is 10.2 Å². The number of nitrogens with one attached hydrogen (secondary N) is 2. The molecule has 0 unspecified atom stereocenters. The first kappa shape index (κ1) is 16.6. The van der Waals surface area contributed by atoms with Crippen LogP contribution in [0.1, 0.15) is 0 Å². The summed E-state index contributed by atoms with van der Waals surface area (Å²) in [5.41, 5.74) is 0. The van der Waals surface area contributed by atoms with Crippen molar-refractivity contribution in [1.29, 1.82) is 0 Å². The zero-order valence-corrected chi connectivity index (χ0v) is 12.4. The molecule has 0 aliphatic rings. The molecule has 0 spiro atoms. The van der Waals surface area contributed by atoms with E-state index in [0.29, 0.717) is 0 Å². The molecule has 10 heteroatoms. The van der Waals surface area contributed by atoms with Gasteiger partial charge in [0.05, 0.1) is 11.4 Å². The first-order valence-corrected chi connectivity index (χ1v) is 8.71. The standard InChI is InChI=1S/C10H14N2O6S2/c1-11-7-10(13)18-12-20(16,17)9-6-4-3-5-8(9)19(2,14)15/h3-6,11-12H,7H2,1-2H3. The van der Waals surface area contributed by atoms with E-state index in [1.54, 1.807) is 4.89 Å². The molecule has 0 aliphatic heterocycles.